The quantitative estimate of drug-likeness (QED) is 0.551. The molecular formula is C25H21F3N2O2. The summed E-state index contributed by atoms with van der Waals surface area (Å²) in [4.78, 5) is 27.3. The number of nitrogens with one attached hydrogen (secondary N) is 1. The van der Waals surface area contributed by atoms with Gasteiger partial charge in [0.15, 0.2) is 0 Å². The molecule has 0 radical (unpaired) electrons. The highest BCUT2D eigenvalue weighted by atomic mass is 19.4. The molecule has 2 amide bonds. The number of hydrogen-bond acceptors (Lipinski definition) is 2. The Labute approximate surface area is 183 Å². The second-order valence-electron chi connectivity index (χ2n) is 7.69. The van der Waals surface area contributed by atoms with Crippen LogP contribution in [0, 0.1) is 5.92 Å². The van der Waals surface area contributed by atoms with E-state index < -0.39 is 23.6 Å². The summed E-state index contributed by atoms with van der Waals surface area (Å²) in [6.45, 7) is 0.366. The van der Waals surface area contributed by atoms with Crippen LogP contribution in [0.4, 0.5) is 24.5 Å². The van der Waals surface area contributed by atoms with Crippen molar-refractivity contribution in [1.29, 1.82) is 0 Å². The Morgan fingerprint density at radius 1 is 0.969 bits per heavy atom. The number of amides is 2. The number of anilines is 2. The van der Waals surface area contributed by atoms with Crippen LogP contribution in [0.1, 0.15) is 23.1 Å². The lowest BCUT2D eigenvalue weighted by Gasteiger charge is -2.20. The lowest BCUT2D eigenvalue weighted by Crippen LogP contribution is -2.33. The van der Waals surface area contributed by atoms with E-state index in [1.165, 1.54) is 12.1 Å². The molecule has 0 aromatic heterocycles. The van der Waals surface area contributed by atoms with Gasteiger partial charge < -0.3 is 10.2 Å². The molecule has 7 heteroatoms. The maximum absolute atomic E-state index is 13.1. The summed E-state index contributed by atoms with van der Waals surface area (Å²) in [6, 6.07) is 21.8. The van der Waals surface area contributed by atoms with Crippen LogP contribution in [-0.4, -0.2) is 18.4 Å². The van der Waals surface area contributed by atoms with E-state index in [0.29, 0.717) is 19.4 Å². The predicted molar refractivity (Wildman–Crippen MR) is 116 cm³/mol. The van der Waals surface area contributed by atoms with Crippen LogP contribution in [0.2, 0.25) is 0 Å². The third-order valence-electron chi connectivity index (χ3n) is 5.50. The van der Waals surface area contributed by atoms with Crippen molar-refractivity contribution in [3.63, 3.8) is 0 Å². The van der Waals surface area contributed by atoms with Crippen molar-refractivity contribution in [2.45, 2.75) is 19.0 Å². The van der Waals surface area contributed by atoms with Crippen molar-refractivity contribution in [3.8, 4) is 0 Å². The van der Waals surface area contributed by atoms with Crippen molar-refractivity contribution < 1.29 is 22.8 Å². The highest BCUT2D eigenvalue weighted by molar-refractivity contribution is 6.13. The monoisotopic (exact) mass is 438 g/mol. The second kappa shape index (κ2) is 8.86. The summed E-state index contributed by atoms with van der Waals surface area (Å²) in [7, 11) is 0. The topological polar surface area (TPSA) is 49.4 Å². The molecule has 0 aliphatic carbocycles. The third kappa shape index (κ3) is 4.66. The Hall–Kier alpha value is -3.61. The van der Waals surface area contributed by atoms with Crippen molar-refractivity contribution in [1.82, 2.24) is 0 Å². The number of alkyl halides is 3. The molecule has 3 aromatic rings. The van der Waals surface area contributed by atoms with Gasteiger partial charge in [0.05, 0.1) is 5.56 Å². The molecule has 4 nitrogen and oxygen atoms in total. The first-order valence-electron chi connectivity index (χ1n) is 10.2. The van der Waals surface area contributed by atoms with Crippen LogP contribution in [0.15, 0.2) is 78.9 Å². The van der Waals surface area contributed by atoms with Gasteiger partial charge in [-0.05, 0) is 48.2 Å². The van der Waals surface area contributed by atoms with Gasteiger partial charge in [0, 0.05) is 17.9 Å². The first-order chi connectivity index (χ1) is 15.3. The average Bonchev–Trinajstić information content (AvgIpc) is 3.16. The van der Waals surface area contributed by atoms with E-state index >= 15 is 0 Å². The van der Waals surface area contributed by atoms with Gasteiger partial charge >= 0.3 is 6.18 Å². The Balaban J connectivity index is 1.50. The van der Waals surface area contributed by atoms with Gasteiger partial charge in [-0.1, -0.05) is 54.6 Å². The molecule has 164 valence electrons. The molecule has 1 aliphatic heterocycles. The van der Waals surface area contributed by atoms with Gasteiger partial charge in [-0.25, -0.2) is 0 Å². The second-order valence-corrected chi connectivity index (χ2v) is 7.69. The number of nitrogens with zero attached hydrogens (tertiary/aromatic N) is 1. The molecule has 1 saturated heterocycles. The van der Waals surface area contributed by atoms with Gasteiger partial charge in [-0.3, -0.25) is 9.59 Å². The zero-order valence-electron chi connectivity index (χ0n) is 17.1. The Kier molecular flexibility index (Phi) is 5.99. The van der Waals surface area contributed by atoms with Crippen LogP contribution >= 0.6 is 0 Å². The number of benzene rings is 3. The number of carbonyl (C=O) groups is 2. The summed E-state index contributed by atoms with van der Waals surface area (Å²) < 4.78 is 38.8. The van der Waals surface area contributed by atoms with Crippen LogP contribution in [-0.2, 0) is 22.2 Å². The van der Waals surface area contributed by atoms with Gasteiger partial charge in [0.2, 0.25) is 11.8 Å². The fourth-order valence-electron chi connectivity index (χ4n) is 3.90. The highest BCUT2D eigenvalue weighted by Crippen LogP contribution is 2.32. The lowest BCUT2D eigenvalue weighted by molar-refractivity contribution is -0.137. The largest absolute Gasteiger partial charge is 0.416 e. The Morgan fingerprint density at radius 2 is 1.69 bits per heavy atom. The summed E-state index contributed by atoms with van der Waals surface area (Å²) in [6.07, 6.45) is -3.58. The number of carbonyl (C=O) groups excluding carboxylic acids is 2. The smallest absolute Gasteiger partial charge is 0.325 e. The fraction of sp³-hybridized carbons (Fsp3) is 0.200. The number of rotatable bonds is 5. The molecule has 1 atom stereocenters. The zero-order valence-corrected chi connectivity index (χ0v) is 17.1. The molecule has 4 rings (SSSR count). The summed E-state index contributed by atoms with van der Waals surface area (Å²) >= 11 is 0. The normalized spacial score (nSPS) is 16.3. The van der Waals surface area contributed by atoms with Crippen LogP contribution < -0.4 is 10.2 Å². The predicted octanol–water partition coefficient (Wildman–Crippen LogP) is 5.29. The van der Waals surface area contributed by atoms with Gasteiger partial charge in [0.1, 0.15) is 5.92 Å². The maximum Gasteiger partial charge on any atom is 0.416 e. The third-order valence-corrected chi connectivity index (χ3v) is 5.50. The standard InChI is InChI=1S/C25H21F3N2O2/c26-25(27,28)19-10-6-11-20(16-19)29-23(31)21-13-14-30(24(21)32)22-12-5-4-9-18(22)15-17-7-2-1-3-8-17/h1-12,16,21H,13-15H2,(H,29,31). The Bertz CT molecular complexity index is 1130. The number of para-hydroxylation sites is 1. The molecule has 1 aliphatic rings. The van der Waals surface area contributed by atoms with E-state index in [-0.39, 0.29) is 11.6 Å². The SMILES string of the molecule is O=C(Nc1cccc(C(F)(F)F)c1)C1CCN(c2ccccc2Cc2ccccc2)C1=O. The molecule has 1 N–H and O–H groups in total. The molecule has 3 aromatic carbocycles. The molecule has 0 spiro atoms. The van der Waals surface area contributed by atoms with Crippen LogP contribution in [0.3, 0.4) is 0 Å². The number of halogens is 3. The molecule has 1 unspecified atom stereocenters. The minimum absolute atomic E-state index is 0.0144. The van der Waals surface area contributed by atoms with Crippen molar-refractivity contribution in [3.05, 3.63) is 95.6 Å². The molecular weight excluding hydrogens is 417 g/mol. The van der Waals surface area contributed by atoms with Crippen LogP contribution in [0.25, 0.3) is 0 Å². The Morgan fingerprint density at radius 3 is 2.44 bits per heavy atom. The van der Waals surface area contributed by atoms with Gasteiger partial charge in [0.25, 0.3) is 0 Å². The lowest BCUT2D eigenvalue weighted by atomic mass is 10.0. The fourth-order valence-corrected chi connectivity index (χ4v) is 3.90. The molecule has 1 heterocycles. The summed E-state index contributed by atoms with van der Waals surface area (Å²) in [5, 5.41) is 2.47. The van der Waals surface area contributed by atoms with Crippen molar-refractivity contribution in [2.75, 3.05) is 16.8 Å². The first kappa shape index (κ1) is 21.6. The summed E-state index contributed by atoms with van der Waals surface area (Å²) in [5.74, 6) is -1.90. The number of hydrogen-bond donors (Lipinski definition) is 1. The minimum Gasteiger partial charge on any atom is -0.325 e. The highest BCUT2D eigenvalue weighted by Gasteiger charge is 2.38. The van der Waals surface area contributed by atoms with E-state index in [2.05, 4.69) is 5.32 Å². The molecule has 0 bridgehead atoms. The van der Waals surface area contributed by atoms with E-state index in [0.717, 1.165) is 28.9 Å². The minimum atomic E-state index is -4.51. The van der Waals surface area contributed by atoms with Crippen molar-refractivity contribution >= 4 is 23.2 Å². The van der Waals surface area contributed by atoms with Gasteiger partial charge in [-0.15, -0.1) is 0 Å². The van der Waals surface area contributed by atoms with Gasteiger partial charge in [-0.2, -0.15) is 13.2 Å². The first-order valence-corrected chi connectivity index (χ1v) is 10.2. The average molecular weight is 438 g/mol. The zero-order chi connectivity index (χ0) is 22.7. The van der Waals surface area contributed by atoms with E-state index in [1.54, 1.807) is 4.90 Å². The molecule has 1 fully saturated rings. The summed E-state index contributed by atoms with van der Waals surface area (Å²) in [5.41, 5.74) is 1.97. The molecule has 32 heavy (non-hydrogen) atoms. The van der Waals surface area contributed by atoms with Crippen molar-refractivity contribution in [2.24, 2.45) is 5.92 Å². The maximum atomic E-state index is 13.1. The van der Waals surface area contributed by atoms with E-state index in [1.807, 2.05) is 54.6 Å². The van der Waals surface area contributed by atoms with E-state index in [9.17, 15) is 22.8 Å². The molecule has 0 saturated carbocycles. The van der Waals surface area contributed by atoms with E-state index in [4.69, 9.17) is 0 Å². The van der Waals surface area contributed by atoms with Crippen LogP contribution in [0.5, 0.6) is 0 Å².